The summed E-state index contributed by atoms with van der Waals surface area (Å²) in [5, 5.41) is 0. The molecule has 0 aromatic heterocycles. The van der Waals surface area contributed by atoms with Crippen molar-refractivity contribution in [3.05, 3.63) is 12.2 Å². The van der Waals surface area contributed by atoms with Crippen molar-refractivity contribution < 1.29 is 14.3 Å². The Morgan fingerprint density at radius 1 is 1.35 bits per heavy atom. The third-order valence-electron chi connectivity index (χ3n) is 4.33. The molecule has 0 unspecified atom stereocenters. The van der Waals surface area contributed by atoms with Crippen molar-refractivity contribution in [2.45, 2.75) is 44.9 Å². The Morgan fingerprint density at radius 3 is 2.82 bits per heavy atom. The minimum atomic E-state index is -0.860. The smallest absolute Gasteiger partial charge is 0.319 e. The third kappa shape index (κ3) is 1.92. The number of carbonyl (C=O) groups excluding carboxylic acids is 2. The molecule has 2 aliphatic rings. The lowest BCUT2D eigenvalue weighted by molar-refractivity contribution is -0.162. The van der Waals surface area contributed by atoms with E-state index in [0.29, 0.717) is 12.8 Å². The van der Waals surface area contributed by atoms with E-state index in [2.05, 4.69) is 6.58 Å². The van der Waals surface area contributed by atoms with Gasteiger partial charge in [0.05, 0.1) is 7.11 Å². The summed E-state index contributed by atoms with van der Waals surface area (Å²) in [6, 6.07) is 0. The minimum absolute atomic E-state index is 0.0697. The van der Waals surface area contributed by atoms with Gasteiger partial charge in [-0.3, -0.25) is 9.59 Å². The third-order valence-corrected chi connectivity index (χ3v) is 4.33. The molecule has 2 bridgehead atoms. The fourth-order valence-corrected chi connectivity index (χ4v) is 3.23. The van der Waals surface area contributed by atoms with E-state index < -0.39 is 5.41 Å². The van der Waals surface area contributed by atoms with Gasteiger partial charge in [0.25, 0.3) is 0 Å². The van der Waals surface area contributed by atoms with Gasteiger partial charge in [-0.2, -0.15) is 0 Å². The first-order valence-corrected chi connectivity index (χ1v) is 6.42. The van der Waals surface area contributed by atoms with Gasteiger partial charge >= 0.3 is 5.97 Å². The van der Waals surface area contributed by atoms with Gasteiger partial charge in [0.2, 0.25) is 0 Å². The summed E-state index contributed by atoms with van der Waals surface area (Å²) in [5.74, 6) is -0.370. The first-order chi connectivity index (χ1) is 8.12. The number of hydrogen-bond acceptors (Lipinski definition) is 3. The summed E-state index contributed by atoms with van der Waals surface area (Å²) in [5.41, 5.74) is 0.150. The van der Waals surface area contributed by atoms with Gasteiger partial charge in [-0.15, -0.1) is 0 Å². The van der Waals surface area contributed by atoms with Gasteiger partial charge in [0.15, 0.2) is 5.78 Å². The standard InChI is InChI=1S/C14H20O3/c1-10-7-9-14(13(16)17-2)8-5-3-4-6-11(10)12(14)15/h11H,1,3-9H2,2H3/t11-,14-/m1/s1. The second kappa shape index (κ2) is 4.63. The van der Waals surface area contributed by atoms with Crippen LogP contribution in [0, 0.1) is 11.3 Å². The van der Waals surface area contributed by atoms with E-state index in [1.807, 2.05) is 0 Å². The largest absolute Gasteiger partial charge is 0.468 e. The summed E-state index contributed by atoms with van der Waals surface area (Å²) >= 11 is 0. The van der Waals surface area contributed by atoms with Crippen molar-refractivity contribution in [3.63, 3.8) is 0 Å². The molecule has 0 saturated heterocycles. The molecule has 0 N–H and O–H groups in total. The van der Waals surface area contributed by atoms with Gasteiger partial charge in [0, 0.05) is 5.92 Å². The second-order valence-corrected chi connectivity index (χ2v) is 5.25. The Balaban J connectivity index is 2.36. The summed E-state index contributed by atoms with van der Waals surface area (Å²) in [6.07, 6.45) is 5.99. The molecule has 0 aliphatic heterocycles. The molecular weight excluding hydrogens is 216 g/mol. The van der Waals surface area contributed by atoms with Crippen molar-refractivity contribution in [3.8, 4) is 0 Å². The Kier molecular flexibility index (Phi) is 3.36. The van der Waals surface area contributed by atoms with E-state index >= 15 is 0 Å². The number of rotatable bonds is 1. The van der Waals surface area contributed by atoms with Crippen LogP contribution in [0.3, 0.4) is 0 Å². The van der Waals surface area contributed by atoms with Crippen LogP contribution in [0.5, 0.6) is 0 Å². The normalized spacial score (nSPS) is 33.8. The number of fused-ring (bicyclic) bond motifs is 2. The predicted molar refractivity (Wildman–Crippen MR) is 64.4 cm³/mol. The summed E-state index contributed by atoms with van der Waals surface area (Å²) in [6.45, 7) is 4.00. The Hall–Kier alpha value is -1.12. The zero-order chi connectivity index (χ0) is 12.5. The highest BCUT2D eigenvalue weighted by Gasteiger charge is 2.52. The van der Waals surface area contributed by atoms with Crippen molar-refractivity contribution in [1.82, 2.24) is 0 Å². The quantitative estimate of drug-likeness (QED) is 0.399. The molecule has 2 fully saturated rings. The highest BCUT2D eigenvalue weighted by Crippen LogP contribution is 2.46. The molecule has 2 atom stereocenters. The van der Waals surface area contributed by atoms with Crippen LogP contribution in [0.25, 0.3) is 0 Å². The fraction of sp³-hybridized carbons (Fsp3) is 0.714. The van der Waals surface area contributed by atoms with Crippen LogP contribution < -0.4 is 0 Å². The zero-order valence-corrected chi connectivity index (χ0v) is 10.5. The summed E-state index contributed by atoms with van der Waals surface area (Å²) < 4.78 is 4.88. The van der Waals surface area contributed by atoms with Gasteiger partial charge in [-0.05, 0) is 25.7 Å². The molecule has 0 aromatic carbocycles. The molecule has 0 amide bonds. The second-order valence-electron chi connectivity index (χ2n) is 5.25. The van der Waals surface area contributed by atoms with E-state index in [4.69, 9.17) is 4.74 Å². The van der Waals surface area contributed by atoms with Gasteiger partial charge in [0.1, 0.15) is 5.41 Å². The van der Waals surface area contributed by atoms with Crippen molar-refractivity contribution in [1.29, 1.82) is 0 Å². The molecule has 0 radical (unpaired) electrons. The van der Waals surface area contributed by atoms with Crippen LogP contribution in [0.15, 0.2) is 12.2 Å². The average molecular weight is 236 g/mol. The number of esters is 1. The van der Waals surface area contributed by atoms with E-state index in [1.165, 1.54) is 7.11 Å². The first-order valence-electron chi connectivity index (χ1n) is 6.42. The lowest BCUT2D eigenvalue weighted by Crippen LogP contribution is -2.47. The van der Waals surface area contributed by atoms with E-state index in [9.17, 15) is 9.59 Å². The minimum Gasteiger partial charge on any atom is -0.468 e. The molecule has 2 aliphatic carbocycles. The Bertz CT molecular complexity index is 358. The maximum Gasteiger partial charge on any atom is 0.319 e. The molecule has 3 nitrogen and oxygen atoms in total. The lowest BCUT2D eigenvalue weighted by atomic mass is 9.62. The maximum atomic E-state index is 12.6. The molecule has 2 rings (SSSR count). The fourth-order valence-electron chi connectivity index (χ4n) is 3.23. The molecular formula is C14H20O3. The van der Waals surface area contributed by atoms with E-state index in [0.717, 1.165) is 37.7 Å². The number of methoxy groups -OCH3 is 1. The van der Waals surface area contributed by atoms with Crippen molar-refractivity contribution in [2.75, 3.05) is 7.11 Å². The molecule has 0 spiro atoms. The maximum absolute atomic E-state index is 12.6. The van der Waals surface area contributed by atoms with Crippen molar-refractivity contribution in [2.24, 2.45) is 11.3 Å². The SMILES string of the molecule is C=C1CC[C@]2(C(=O)OC)CCCCC[C@H]1C2=O. The van der Waals surface area contributed by atoms with E-state index in [-0.39, 0.29) is 17.7 Å². The lowest BCUT2D eigenvalue weighted by Gasteiger charge is -2.39. The van der Waals surface area contributed by atoms with Crippen LogP contribution in [0.1, 0.15) is 44.9 Å². The van der Waals surface area contributed by atoms with Gasteiger partial charge in [-0.1, -0.05) is 31.4 Å². The highest BCUT2D eigenvalue weighted by molar-refractivity contribution is 6.06. The van der Waals surface area contributed by atoms with Crippen LogP contribution in [-0.4, -0.2) is 18.9 Å². The predicted octanol–water partition coefficient (Wildman–Crippen LogP) is 2.65. The first kappa shape index (κ1) is 12.3. The van der Waals surface area contributed by atoms with Crippen LogP contribution >= 0.6 is 0 Å². The number of hydrogen-bond donors (Lipinski definition) is 0. The topological polar surface area (TPSA) is 43.4 Å². The number of ether oxygens (including phenoxy) is 1. The molecule has 94 valence electrons. The number of allylic oxidation sites excluding steroid dienone is 1. The number of Topliss-reactive ketones (excluding diaryl/α,β-unsaturated/α-hetero) is 1. The number of carbonyl (C=O) groups is 2. The van der Waals surface area contributed by atoms with Crippen molar-refractivity contribution >= 4 is 11.8 Å². The summed E-state index contributed by atoms with van der Waals surface area (Å²) in [7, 11) is 1.38. The van der Waals surface area contributed by atoms with Gasteiger partial charge < -0.3 is 4.74 Å². The molecule has 17 heavy (non-hydrogen) atoms. The Morgan fingerprint density at radius 2 is 2.12 bits per heavy atom. The average Bonchev–Trinajstić information content (AvgIpc) is 2.33. The molecule has 0 aromatic rings. The number of ketones is 1. The van der Waals surface area contributed by atoms with Crippen LogP contribution in [0.2, 0.25) is 0 Å². The molecule has 2 saturated carbocycles. The van der Waals surface area contributed by atoms with Crippen LogP contribution in [-0.2, 0) is 14.3 Å². The van der Waals surface area contributed by atoms with Gasteiger partial charge in [-0.25, -0.2) is 0 Å². The van der Waals surface area contributed by atoms with E-state index in [1.54, 1.807) is 0 Å². The monoisotopic (exact) mass is 236 g/mol. The Labute approximate surface area is 102 Å². The zero-order valence-electron chi connectivity index (χ0n) is 10.5. The summed E-state index contributed by atoms with van der Waals surface area (Å²) in [4.78, 5) is 24.6. The highest BCUT2D eigenvalue weighted by atomic mass is 16.5. The van der Waals surface area contributed by atoms with Crippen LogP contribution in [0.4, 0.5) is 0 Å². The molecule has 0 heterocycles. The molecule has 3 heteroatoms.